The van der Waals surface area contributed by atoms with E-state index in [0.29, 0.717) is 25.2 Å². The molecule has 1 N–H and O–H groups in total. The summed E-state index contributed by atoms with van der Waals surface area (Å²) >= 11 is 0. The Kier molecular flexibility index (Phi) is 5.49. The van der Waals surface area contributed by atoms with E-state index in [0.717, 1.165) is 23.5 Å². The molecule has 130 valence electrons. The maximum atomic E-state index is 12.1. The number of aromatic nitrogens is 2. The van der Waals surface area contributed by atoms with Crippen LogP contribution in [0, 0.1) is 19.8 Å². The Morgan fingerprint density at radius 2 is 2.09 bits per heavy atom. The molecule has 1 atom stereocenters. The van der Waals surface area contributed by atoms with Gasteiger partial charge in [0.25, 0.3) is 0 Å². The number of carbonyl (C=O) groups excluding carboxylic acids is 1. The molecule has 0 radical (unpaired) electrons. The van der Waals surface area contributed by atoms with Crippen LogP contribution in [0.2, 0.25) is 0 Å². The normalized spacial score (nSPS) is 20.1. The molecule has 1 fully saturated rings. The monoisotopic (exact) mass is 341 g/mol. The molecule has 1 amide bonds. The standard InChI is InChI=1S/C16H27N3O3S/c1-11(2)9-19-13(4)15(12(3)18-19)5-6-16(20)17-14-7-8-23(21,22)10-14/h11,14H,5-10H2,1-4H3,(H,17,20)/t14-/m0/s1. The highest BCUT2D eigenvalue weighted by atomic mass is 32.2. The van der Waals surface area contributed by atoms with E-state index in [-0.39, 0.29) is 23.5 Å². The van der Waals surface area contributed by atoms with Crippen molar-refractivity contribution in [1.82, 2.24) is 15.1 Å². The van der Waals surface area contributed by atoms with Crippen molar-refractivity contribution in [2.24, 2.45) is 5.92 Å². The van der Waals surface area contributed by atoms with Crippen LogP contribution in [0.1, 0.15) is 43.6 Å². The Morgan fingerprint density at radius 3 is 2.65 bits per heavy atom. The summed E-state index contributed by atoms with van der Waals surface area (Å²) in [4.78, 5) is 12.1. The molecular weight excluding hydrogens is 314 g/mol. The fourth-order valence-electron chi connectivity index (χ4n) is 3.07. The topological polar surface area (TPSA) is 81.1 Å². The second-order valence-electron chi connectivity index (χ2n) is 6.89. The van der Waals surface area contributed by atoms with Crippen LogP contribution >= 0.6 is 0 Å². The van der Waals surface area contributed by atoms with E-state index in [1.807, 2.05) is 18.5 Å². The van der Waals surface area contributed by atoms with Gasteiger partial charge in [-0.1, -0.05) is 13.8 Å². The third kappa shape index (κ3) is 4.80. The lowest BCUT2D eigenvalue weighted by atomic mass is 10.1. The molecule has 0 spiro atoms. The van der Waals surface area contributed by atoms with Crippen LogP contribution in [0.15, 0.2) is 0 Å². The molecule has 7 heteroatoms. The van der Waals surface area contributed by atoms with E-state index < -0.39 is 9.84 Å². The first-order valence-corrected chi connectivity index (χ1v) is 10.0. The zero-order valence-electron chi connectivity index (χ0n) is 14.4. The third-order valence-corrected chi connectivity index (χ3v) is 6.04. The molecule has 2 rings (SSSR count). The van der Waals surface area contributed by atoms with Gasteiger partial charge in [-0.25, -0.2) is 8.42 Å². The summed E-state index contributed by atoms with van der Waals surface area (Å²) in [7, 11) is -2.96. The van der Waals surface area contributed by atoms with Crippen molar-refractivity contribution in [1.29, 1.82) is 0 Å². The van der Waals surface area contributed by atoms with Crippen LogP contribution < -0.4 is 5.32 Å². The van der Waals surface area contributed by atoms with Gasteiger partial charge in [0, 0.05) is 24.7 Å². The van der Waals surface area contributed by atoms with Crippen LogP contribution in [-0.4, -0.2) is 41.7 Å². The molecule has 0 saturated carbocycles. The number of sulfone groups is 1. The number of carbonyl (C=O) groups is 1. The van der Waals surface area contributed by atoms with Crippen LogP contribution in [-0.2, 0) is 27.6 Å². The van der Waals surface area contributed by atoms with E-state index in [2.05, 4.69) is 24.3 Å². The van der Waals surface area contributed by atoms with Gasteiger partial charge in [-0.05, 0) is 38.2 Å². The highest BCUT2D eigenvalue weighted by molar-refractivity contribution is 7.91. The van der Waals surface area contributed by atoms with Crippen LogP contribution in [0.25, 0.3) is 0 Å². The molecule has 1 aliphatic rings. The van der Waals surface area contributed by atoms with Gasteiger partial charge < -0.3 is 5.32 Å². The Labute approximate surface area is 138 Å². The first-order chi connectivity index (χ1) is 10.7. The summed E-state index contributed by atoms with van der Waals surface area (Å²) < 4.78 is 24.8. The molecule has 1 saturated heterocycles. The highest BCUT2D eigenvalue weighted by Gasteiger charge is 2.28. The fourth-order valence-corrected chi connectivity index (χ4v) is 4.74. The molecule has 0 bridgehead atoms. The number of nitrogens with one attached hydrogen (secondary N) is 1. The summed E-state index contributed by atoms with van der Waals surface area (Å²) in [5, 5.41) is 7.39. The van der Waals surface area contributed by atoms with Gasteiger partial charge in [-0.2, -0.15) is 5.10 Å². The zero-order chi connectivity index (χ0) is 17.2. The molecule has 6 nitrogen and oxygen atoms in total. The summed E-state index contributed by atoms with van der Waals surface area (Å²) in [6.07, 6.45) is 1.53. The lowest BCUT2D eigenvalue weighted by Gasteiger charge is -2.11. The quantitative estimate of drug-likeness (QED) is 0.848. The molecule has 1 aromatic heterocycles. The maximum absolute atomic E-state index is 12.1. The van der Waals surface area contributed by atoms with E-state index in [9.17, 15) is 13.2 Å². The van der Waals surface area contributed by atoms with Crippen molar-refractivity contribution in [2.45, 2.75) is 59.5 Å². The van der Waals surface area contributed by atoms with Gasteiger partial charge in [0.05, 0.1) is 17.2 Å². The minimum absolute atomic E-state index is 0.0725. The molecule has 0 aromatic carbocycles. The van der Waals surface area contributed by atoms with Gasteiger partial charge in [-0.15, -0.1) is 0 Å². The Morgan fingerprint density at radius 1 is 1.39 bits per heavy atom. The molecule has 0 unspecified atom stereocenters. The maximum Gasteiger partial charge on any atom is 0.220 e. The number of amides is 1. The zero-order valence-corrected chi connectivity index (χ0v) is 15.2. The Balaban J connectivity index is 1.90. The first-order valence-electron chi connectivity index (χ1n) is 8.20. The molecular formula is C16H27N3O3S. The lowest BCUT2D eigenvalue weighted by Crippen LogP contribution is -2.35. The van der Waals surface area contributed by atoms with Gasteiger partial charge >= 0.3 is 0 Å². The lowest BCUT2D eigenvalue weighted by molar-refractivity contribution is -0.121. The summed E-state index contributed by atoms with van der Waals surface area (Å²) in [6, 6.07) is -0.224. The SMILES string of the molecule is Cc1nn(CC(C)C)c(C)c1CCC(=O)N[C@H]1CCS(=O)(=O)C1. The fraction of sp³-hybridized carbons (Fsp3) is 0.750. The van der Waals surface area contributed by atoms with Crippen molar-refractivity contribution >= 4 is 15.7 Å². The average molecular weight is 341 g/mol. The van der Waals surface area contributed by atoms with Crippen molar-refractivity contribution in [3.8, 4) is 0 Å². The predicted molar refractivity (Wildman–Crippen MR) is 90.1 cm³/mol. The number of hydrogen-bond donors (Lipinski definition) is 1. The minimum Gasteiger partial charge on any atom is -0.352 e. The van der Waals surface area contributed by atoms with Crippen molar-refractivity contribution in [2.75, 3.05) is 11.5 Å². The number of hydrogen-bond acceptors (Lipinski definition) is 4. The second kappa shape index (κ2) is 7.03. The Bertz CT molecular complexity index is 677. The van der Waals surface area contributed by atoms with Crippen LogP contribution in [0.4, 0.5) is 0 Å². The van der Waals surface area contributed by atoms with Crippen molar-refractivity contribution < 1.29 is 13.2 Å². The molecule has 0 aliphatic carbocycles. The van der Waals surface area contributed by atoms with Gasteiger partial charge in [-0.3, -0.25) is 9.48 Å². The summed E-state index contributed by atoms with van der Waals surface area (Å²) in [5.74, 6) is 0.692. The second-order valence-corrected chi connectivity index (χ2v) is 9.12. The number of aryl methyl sites for hydroxylation is 1. The molecule has 2 heterocycles. The van der Waals surface area contributed by atoms with Gasteiger partial charge in [0.2, 0.25) is 5.91 Å². The third-order valence-electron chi connectivity index (χ3n) is 4.27. The molecule has 1 aromatic rings. The van der Waals surface area contributed by atoms with Crippen LogP contribution in [0.3, 0.4) is 0 Å². The minimum atomic E-state index is -2.96. The Hall–Kier alpha value is -1.37. The first kappa shape index (κ1) is 18.0. The van der Waals surface area contributed by atoms with E-state index in [4.69, 9.17) is 0 Å². The number of rotatable bonds is 6. The molecule has 1 aliphatic heterocycles. The van der Waals surface area contributed by atoms with Crippen molar-refractivity contribution in [3.05, 3.63) is 17.0 Å². The largest absolute Gasteiger partial charge is 0.352 e. The smallest absolute Gasteiger partial charge is 0.220 e. The van der Waals surface area contributed by atoms with Crippen LogP contribution in [0.5, 0.6) is 0 Å². The predicted octanol–water partition coefficient (Wildman–Crippen LogP) is 1.39. The highest BCUT2D eigenvalue weighted by Crippen LogP contribution is 2.17. The van der Waals surface area contributed by atoms with E-state index in [1.54, 1.807) is 0 Å². The van der Waals surface area contributed by atoms with Gasteiger partial charge in [0.15, 0.2) is 9.84 Å². The van der Waals surface area contributed by atoms with Crippen molar-refractivity contribution in [3.63, 3.8) is 0 Å². The molecule has 23 heavy (non-hydrogen) atoms. The van der Waals surface area contributed by atoms with Gasteiger partial charge in [0.1, 0.15) is 0 Å². The summed E-state index contributed by atoms with van der Waals surface area (Å²) in [6.45, 7) is 9.19. The van der Waals surface area contributed by atoms with E-state index in [1.165, 1.54) is 0 Å². The summed E-state index contributed by atoms with van der Waals surface area (Å²) in [5.41, 5.74) is 3.21. The van der Waals surface area contributed by atoms with E-state index >= 15 is 0 Å². The number of nitrogens with zero attached hydrogens (tertiary/aromatic N) is 2. The average Bonchev–Trinajstić information content (AvgIpc) is 2.88.